The molecule has 0 aliphatic rings. The summed E-state index contributed by atoms with van der Waals surface area (Å²) in [6, 6.07) is 5.59. The van der Waals surface area contributed by atoms with E-state index in [0.717, 1.165) is 0 Å². The van der Waals surface area contributed by atoms with E-state index in [0.29, 0.717) is 23.0 Å². The number of anilines is 1. The van der Waals surface area contributed by atoms with Gasteiger partial charge in [-0.2, -0.15) is 0 Å². The molecule has 0 aliphatic heterocycles. The number of hydrogen-bond acceptors (Lipinski definition) is 3. The van der Waals surface area contributed by atoms with Crippen molar-refractivity contribution in [1.29, 1.82) is 0 Å². The normalized spacial score (nSPS) is 10.4. The Hall–Kier alpha value is -2.17. The van der Waals surface area contributed by atoms with Crippen molar-refractivity contribution in [3.8, 4) is 0 Å². The van der Waals surface area contributed by atoms with Crippen molar-refractivity contribution in [2.45, 2.75) is 20.3 Å². The van der Waals surface area contributed by atoms with E-state index in [4.69, 9.17) is 4.42 Å². The fourth-order valence-electron chi connectivity index (χ4n) is 1.62. The van der Waals surface area contributed by atoms with Crippen LogP contribution in [0.1, 0.15) is 17.3 Å². The lowest BCUT2D eigenvalue weighted by atomic mass is 10.2. The van der Waals surface area contributed by atoms with Gasteiger partial charge in [0.2, 0.25) is 5.91 Å². The summed E-state index contributed by atoms with van der Waals surface area (Å²) in [6.07, 6.45) is 0.115. The SMILES string of the molecule is Cc1nc(C)c(CC(=O)Nc2ccc(F)cc2)o1. The summed E-state index contributed by atoms with van der Waals surface area (Å²) >= 11 is 0. The maximum Gasteiger partial charge on any atom is 0.232 e. The summed E-state index contributed by atoms with van der Waals surface area (Å²) in [4.78, 5) is 15.8. The Bertz CT molecular complexity index is 561. The number of aryl methyl sites for hydroxylation is 2. The highest BCUT2D eigenvalue weighted by Crippen LogP contribution is 2.12. The van der Waals surface area contributed by atoms with Crippen LogP contribution in [0.25, 0.3) is 0 Å². The van der Waals surface area contributed by atoms with Gasteiger partial charge in [-0.3, -0.25) is 4.79 Å². The number of amides is 1. The standard InChI is InChI=1S/C13H13FN2O2/c1-8-12(18-9(2)15-8)7-13(17)16-11-5-3-10(14)4-6-11/h3-6H,7H2,1-2H3,(H,16,17). The Balaban J connectivity index is 2.01. The monoisotopic (exact) mass is 248 g/mol. The van der Waals surface area contributed by atoms with Crippen molar-refractivity contribution in [2.24, 2.45) is 0 Å². The molecule has 0 radical (unpaired) electrons. The lowest BCUT2D eigenvalue weighted by Crippen LogP contribution is -2.14. The lowest BCUT2D eigenvalue weighted by Gasteiger charge is -2.03. The number of carbonyl (C=O) groups is 1. The predicted molar refractivity (Wildman–Crippen MR) is 64.7 cm³/mol. The Morgan fingerprint density at radius 1 is 1.33 bits per heavy atom. The van der Waals surface area contributed by atoms with Gasteiger partial charge in [0.15, 0.2) is 5.89 Å². The van der Waals surface area contributed by atoms with Gasteiger partial charge in [0.1, 0.15) is 11.6 Å². The number of halogens is 1. The second kappa shape index (κ2) is 5.00. The minimum Gasteiger partial charge on any atom is -0.445 e. The van der Waals surface area contributed by atoms with E-state index in [1.54, 1.807) is 13.8 Å². The van der Waals surface area contributed by atoms with E-state index < -0.39 is 0 Å². The Morgan fingerprint density at radius 3 is 2.56 bits per heavy atom. The Labute approximate surface area is 104 Å². The van der Waals surface area contributed by atoms with Crippen molar-refractivity contribution in [3.05, 3.63) is 47.4 Å². The molecule has 5 heteroatoms. The lowest BCUT2D eigenvalue weighted by molar-refractivity contribution is -0.115. The first kappa shape index (κ1) is 12.3. The van der Waals surface area contributed by atoms with Gasteiger partial charge in [-0.15, -0.1) is 0 Å². The summed E-state index contributed by atoms with van der Waals surface area (Å²) in [7, 11) is 0. The third kappa shape index (κ3) is 2.94. The maximum atomic E-state index is 12.7. The molecule has 0 unspecified atom stereocenters. The zero-order valence-corrected chi connectivity index (χ0v) is 10.2. The second-order valence-corrected chi connectivity index (χ2v) is 3.97. The van der Waals surface area contributed by atoms with Gasteiger partial charge in [-0.05, 0) is 31.2 Å². The molecule has 1 heterocycles. The van der Waals surface area contributed by atoms with Gasteiger partial charge in [0.25, 0.3) is 0 Å². The minimum absolute atomic E-state index is 0.115. The molecule has 1 aromatic heterocycles. The minimum atomic E-state index is -0.338. The smallest absolute Gasteiger partial charge is 0.232 e. The van der Waals surface area contributed by atoms with E-state index in [-0.39, 0.29) is 18.1 Å². The summed E-state index contributed by atoms with van der Waals surface area (Å²) in [5.41, 5.74) is 1.26. The predicted octanol–water partition coefficient (Wildman–Crippen LogP) is 2.61. The van der Waals surface area contributed by atoms with Crippen LogP contribution in [0.4, 0.5) is 10.1 Å². The van der Waals surface area contributed by atoms with E-state index in [2.05, 4.69) is 10.3 Å². The zero-order valence-electron chi connectivity index (χ0n) is 10.2. The van der Waals surface area contributed by atoms with E-state index in [9.17, 15) is 9.18 Å². The number of oxazole rings is 1. The third-order valence-electron chi connectivity index (χ3n) is 2.45. The highest BCUT2D eigenvalue weighted by molar-refractivity contribution is 5.91. The van der Waals surface area contributed by atoms with Crippen LogP contribution < -0.4 is 5.32 Å². The molecule has 2 aromatic rings. The molecule has 0 fully saturated rings. The highest BCUT2D eigenvalue weighted by atomic mass is 19.1. The molecule has 2 rings (SSSR count). The van der Waals surface area contributed by atoms with Crippen molar-refractivity contribution < 1.29 is 13.6 Å². The highest BCUT2D eigenvalue weighted by Gasteiger charge is 2.11. The molecular formula is C13H13FN2O2. The summed E-state index contributed by atoms with van der Waals surface area (Å²) in [5, 5.41) is 2.66. The number of rotatable bonds is 3. The molecule has 0 saturated carbocycles. The van der Waals surface area contributed by atoms with Crippen molar-refractivity contribution >= 4 is 11.6 Å². The van der Waals surface area contributed by atoms with E-state index >= 15 is 0 Å². The van der Waals surface area contributed by atoms with Gasteiger partial charge >= 0.3 is 0 Å². The van der Waals surface area contributed by atoms with Crippen LogP contribution in [-0.2, 0) is 11.2 Å². The molecule has 94 valence electrons. The fourth-order valence-corrected chi connectivity index (χ4v) is 1.62. The van der Waals surface area contributed by atoms with Crippen LogP contribution >= 0.6 is 0 Å². The molecule has 4 nitrogen and oxygen atoms in total. The average Bonchev–Trinajstić information content (AvgIpc) is 2.61. The van der Waals surface area contributed by atoms with Crippen LogP contribution in [-0.4, -0.2) is 10.9 Å². The molecule has 0 saturated heterocycles. The van der Waals surface area contributed by atoms with Crippen LogP contribution in [0.5, 0.6) is 0 Å². The topological polar surface area (TPSA) is 55.1 Å². The van der Waals surface area contributed by atoms with Gasteiger partial charge in [-0.1, -0.05) is 0 Å². The molecule has 0 aliphatic carbocycles. The van der Waals surface area contributed by atoms with Crippen molar-refractivity contribution in [2.75, 3.05) is 5.32 Å². The molecule has 0 bridgehead atoms. The molecule has 1 aromatic carbocycles. The van der Waals surface area contributed by atoms with Crippen molar-refractivity contribution in [1.82, 2.24) is 4.98 Å². The fraction of sp³-hybridized carbons (Fsp3) is 0.231. The van der Waals surface area contributed by atoms with E-state index in [1.807, 2.05) is 0 Å². The zero-order chi connectivity index (χ0) is 13.1. The molecule has 0 spiro atoms. The van der Waals surface area contributed by atoms with Crippen LogP contribution in [0.15, 0.2) is 28.7 Å². The van der Waals surface area contributed by atoms with Gasteiger partial charge in [0.05, 0.1) is 12.1 Å². The summed E-state index contributed by atoms with van der Waals surface area (Å²) in [6.45, 7) is 3.52. The third-order valence-corrected chi connectivity index (χ3v) is 2.45. The number of carbonyl (C=O) groups excluding carboxylic acids is 1. The maximum absolute atomic E-state index is 12.7. The van der Waals surface area contributed by atoms with Crippen LogP contribution in [0.3, 0.4) is 0 Å². The number of nitrogens with zero attached hydrogens (tertiary/aromatic N) is 1. The number of aromatic nitrogens is 1. The number of nitrogens with one attached hydrogen (secondary N) is 1. The van der Waals surface area contributed by atoms with Crippen molar-refractivity contribution in [3.63, 3.8) is 0 Å². The Morgan fingerprint density at radius 2 is 2.00 bits per heavy atom. The molecule has 1 amide bonds. The molecule has 18 heavy (non-hydrogen) atoms. The number of benzene rings is 1. The quantitative estimate of drug-likeness (QED) is 0.908. The second-order valence-electron chi connectivity index (χ2n) is 3.97. The summed E-state index contributed by atoms with van der Waals surface area (Å²) in [5.74, 6) is 0.528. The Kier molecular flexibility index (Phi) is 3.41. The first-order valence-corrected chi connectivity index (χ1v) is 5.53. The molecule has 1 N–H and O–H groups in total. The van der Waals surface area contributed by atoms with E-state index in [1.165, 1.54) is 24.3 Å². The van der Waals surface area contributed by atoms with Gasteiger partial charge < -0.3 is 9.73 Å². The largest absolute Gasteiger partial charge is 0.445 e. The first-order valence-electron chi connectivity index (χ1n) is 5.53. The molecular weight excluding hydrogens is 235 g/mol. The number of hydrogen-bond donors (Lipinski definition) is 1. The summed E-state index contributed by atoms with van der Waals surface area (Å²) < 4.78 is 18.0. The van der Waals surface area contributed by atoms with Gasteiger partial charge in [-0.25, -0.2) is 9.37 Å². The van der Waals surface area contributed by atoms with Crippen LogP contribution in [0, 0.1) is 19.7 Å². The first-order chi connectivity index (χ1) is 8.54. The molecule has 0 atom stereocenters. The van der Waals surface area contributed by atoms with Gasteiger partial charge in [0, 0.05) is 12.6 Å². The van der Waals surface area contributed by atoms with Crippen LogP contribution in [0.2, 0.25) is 0 Å². The average molecular weight is 248 g/mol.